The van der Waals surface area contributed by atoms with E-state index in [1.807, 2.05) is 0 Å². The lowest BCUT2D eigenvalue weighted by molar-refractivity contribution is -0.138. The Balaban J connectivity index is 3.59. The molecule has 6 heteroatoms. The van der Waals surface area contributed by atoms with Crippen molar-refractivity contribution in [1.82, 2.24) is 0 Å². The van der Waals surface area contributed by atoms with Crippen LogP contribution in [0.2, 0.25) is 0 Å². The summed E-state index contributed by atoms with van der Waals surface area (Å²) < 4.78 is 16.6. The molecule has 60 valence electrons. The molecule has 0 aromatic carbocycles. The van der Waals surface area contributed by atoms with Crippen LogP contribution in [0.4, 0.5) is 0 Å². The van der Waals surface area contributed by atoms with E-state index in [1.54, 1.807) is 0 Å². The quantitative estimate of drug-likeness (QED) is 0.489. The highest BCUT2D eigenvalue weighted by Crippen LogP contribution is 1.87. The molecule has 10 heavy (non-hydrogen) atoms. The monoisotopic (exact) mass is 165 g/mol. The van der Waals surface area contributed by atoms with Crippen molar-refractivity contribution in [2.24, 2.45) is 5.73 Å². The van der Waals surface area contributed by atoms with Crippen LogP contribution < -0.4 is 5.73 Å². The molecule has 0 aliphatic heterocycles. The Morgan fingerprint density at radius 2 is 2.30 bits per heavy atom. The Labute approximate surface area is 60.2 Å². The summed E-state index contributed by atoms with van der Waals surface area (Å²) in [6.45, 7) is 0. The average Bonchev–Trinajstić information content (AvgIpc) is 1.82. The van der Waals surface area contributed by atoms with Gasteiger partial charge in [0.05, 0.1) is 0 Å². The zero-order valence-electron chi connectivity index (χ0n) is 5.24. The van der Waals surface area contributed by atoms with E-state index in [1.165, 1.54) is 0 Å². The number of carboxylic acids is 1. The van der Waals surface area contributed by atoms with E-state index in [-0.39, 0.29) is 12.2 Å². The first kappa shape index (κ1) is 9.38. The smallest absolute Gasteiger partial charge is 0.320 e. The van der Waals surface area contributed by atoms with Crippen molar-refractivity contribution < 1.29 is 14.1 Å². The first-order chi connectivity index (χ1) is 4.54. The number of carboxylic acid groups (broad SMARTS) is 1. The standard InChI is InChI=1S/C4H9N2O3S/c5-3(4(7)8)1-2-10(6)9/h3,6H,1-2,5H2,(H,7,8)/q-1/t3-/m0/s1. The van der Waals surface area contributed by atoms with Crippen LogP contribution in [0.15, 0.2) is 0 Å². The Morgan fingerprint density at radius 1 is 1.80 bits per heavy atom. The summed E-state index contributed by atoms with van der Waals surface area (Å²) in [5.41, 5.74) is 5.05. The third-order valence-electron chi connectivity index (χ3n) is 0.931. The molecule has 0 saturated carbocycles. The summed E-state index contributed by atoms with van der Waals surface area (Å²) in [6, 6.07) is -0.991. The second-order valence-electron chi connectivity index (χ2n) is 1.78. The van der Waals surface area contributed by atoms with Gasteiger partial charge >= 0.3 is 5.97 Å². The van der Waals surface area contributed by atoms with Crippen molar-refractivity contribution in [2.75, 3.05) is 5.75 Å². The van der Waals surface area contributed by atoms with Crippen LogP contribution in [-0.2, 0) is 19.6 Å². The number of carbonyl (C=O) groups is 1. The number of hydrogen-bond acceptors (Lipinski definition) is 5. The molecule has 4 N–H and O–H groups in total. The van der Waals surface area contributed by atoms with E-state index in [0.29, 0.717) is 0 Å². The highest BCUT2D eigenvalue weighted by atomic mass is 32.2. The summed E-state index contributed by atoms with van der Waals surface area (Å²) >= 11 is 0. The van der Waals surface area contributed by atoms with Crippen LogP contribution in [0.1, 0.15) is 6.42 Å². The van der Waals surface area contributed by atoms with Gasteiger partial charge in [-0.1, -0.05) is 5.75 Å². The Kier molecular flexibility index (Phi) is 3.97. The van der Waals surface area contributed by atoms with Crippen LogP contribution in [0.5, 0.6) is 0 Å². The normalized spacial score (nSPS) is 13.4. The number of rotatable bonds is 4. The maximum absolute atomic E-state index is 10.1. The first-order valence-electron chi connectivity index (χ1n) is 2.62. The molecule has 0 unspecified atom stereocenters. The molecular formula is C4H9N2O3S-. The molecule has 0 aromatic heterocycles. The number of nitrogens with one attached hydrogen (secondary N) is 1. The molecule has 0 aromatic rings. The Hall–Kier alpha value is -0.620. The van der Waals surface area contributed by atoms with Crippen LogP contribution >= 0.6 is 0 Å². The highest BCUT2D eigenvalue weighted by molar-refractivity contribution is 7.73. The fourth-order valence-electron chi connectivity index (χ4n) is 0.357. The highest BCUT2D eigenvalue weighted by Gasteiger charge is 2.07. The number of nitrogens with two attached hydrogens (primary N) is 1. The molecule has 0 aliphatic carbocycles. The molecule has 5 nitrogen and oxygen atoms in total. The molecule has 0 aliphatic rings. The minimum absolute atomic E-state index is 0.0213. The van der Waals surface area contributed by atoms with Gasteiger partial charge in [-0.3, -0.25) is 4.79 Å². The SMILES string of the molecule is N=[S-](=O)CC[C@H](N)C(=O)O. The van der Waals surface area contributed by atoms with Gasteiger partial charge < -0.3 is 19.8 Å². The van der Waals surface area contributed by atoms with Gasteiger partial charge in [0.25, 0.3) is 0 Å². The summed E-state index contributed by atoms with van der Waals surface area (Å²) in [7, 11) is -1.70. The molecule has 0 rings (SSSR count). The fourth-order valence-corrected chi connectivity index (χ4v) is 0.825. The molecule has 0 saturated heterocycles. The number of aliphatic carboxylic acids is 1. The lowest BCUT2D eigenvalue weighted by Gasteiger charge is -2.05. The Bertz CT molecular complexity index is 181. The van der Waals surface area contributed by atoms with Gasteiger partial charge in [0.2, 0.25) is 0 Å². The van der Waals surface area contributed by atoms with Gasteiger partial charge in [-0.25, -0.2) is 0 Å². The molecule has 0 bridgehead atoms. The van der Waals surface area contributed by atoms with Gasteiger partial charge in [-0.05, 0) is 6.42 Å². The van der Waals surface area contributed by atoms with E-state index in [9.17, 15) is 9.00 Å². The van der Waals surface area contributed by atoms with E-state index in [0.717, 1.165) is 0 Å². The molecule has 0 radical (unpaired) electrons. The fraction of sp³-hybridized carbons (Fsp3) is 0.750. The first-order valence-corrected chi connectivity index (χ1v) is 3.94. The molecule has 0 amide bonds. The maximum atomic E-state index is 10.1. The number of hydrogen-bond donors (Lipinski definition) is 3. The van der Waals surface area contributed by atoms with Crippen LogP contribution in [0.25, 0.3) is 0 Å². The average molecular weight is 165 g/mol. The summed E-state index contributed by atoms with van der Waals surface area (Å²) in [5.74, 6) is -1.10. The minimum atomic E-state index is -1.70. The molecule has 0 heterocycles. The van der Waals surface area contributed by atoms with Crippen molar-refractivity contribution in [3.8, 4) is 0 Å². The molecular weight excluding hydrogens is 156 g/mol. The Morgan fingerprint density at radius 3 is 2.60 bits per heavy atom. The van der Waals surface area contributed by atoms with Gasteiger partial charge in [0, 0.05) is 0 Å². The molecule has 0 fully saturated rings. The molecule has 0 spiro atoms. The van der Waals surface area contributed by atoms with Crippen LogP contribution in [-0.4, -0.2) is 22.9 Å². The van der Waals surface area contributed by atoms with Crippen LogP contribution in [0, 0.1) is 4.78 Å². The van der Waals surface area contributed by atoms with Crippen molar-refractivity contribution in [3.63, 3.8) is 0 Å². The van der Waals surface area contributed by atoms with E-state index in [2.05, 4.69) is 0 Å². The summed E-state index contributed by atoms with van der Waals surface area (Å²) in [6.07, 6.45) is 0.0887. The van der Waals surface area contributed by atoms with Crippen molar-refractivity contribution >= 4 is 16.6 Å². The van der Waals surface area contributed by atoms with Crippen molar-refractivity contribution in [3.05, 3.63) is 0 Å². The summed E-state index contributed by atoms with van der Waals surface area (Å²) in [5, 5.41) is 8.21. The third-order valence-corrected chi connectivity index (χ3v) is 1.54. The van der Waals surface area contributed by atoms with E-state index >= 15 is 0 Å². The second kappa shape index (κ2) is 4.24. The van der Waals surface area contributed by atoms with Crippen LogP contribution in [0.3, 0.4) is 0 Å². The van der Waals surface area contributed by atoms with Gasteiger partial charge in [-0.15, -0.1) is 0 Å². The third kappa shape index (κ3) is 4.28. The topological polar surface area (TPSA) is 104 Å². The maximum Gasteiger partial charge on any atom is 0.320 e. The summed E-state index contributed by atoms with van der Waals surface area (Å²) in [4.78, 5) is 10.0. The zero-order chi connectivity index (χ0) is 8.15. The second-order valence-corrected chi connectivity index (χ2v) is 2.88. The van der Waals surface area contributed by atoms with E-state index < -0.39 is 22.6 Å². The molecule has 1 atom stereocenters. The van der Waals surface area contributed by atoms with Gasteiger partial charge in [0.15, 0.2) is 0 Å². The van der Waals surface area contributed by atoms with Gasteiger partial charge in [0.1, 0.15) is 6.04 Å². The predicted octanol–water partition coefficient (Wildman–Crippen LogP) is -0.485. The predicted molar refractivity (Wildman–Crippen MR) is 35.9 cm³/mol. The lowest BCUT2D eigenvalue weighted by Crippen LogP contribution is -2.30. The lowest BCUT2D eigenvalue weighted by atomic mass is 10.2. The van der Waals surface area contributed by atoms with Crippen molar-refractivity contribution in [1.29, 1.82) is 4.78 Å². The van der Waals surface area contributed by atoms with Gasteiger partial charge in [-0.2, -0.15) is 10.6 Å². The largest absolute Gasteiger partial charge is 0.480 e. The minimum Gasteiger partial charge on any atom is -0.480 e. The van der Waals surface area contributed by atoms with Crippen molar-refractivity contribution in [2.45, 2.75) is 12.5 Å². The van der Waals surface area contributed by atoms with E-state index in [4.69, 9.17) is 15.6 Å². The zero-order valence-corrected chi connectivity index (χ0v) is 6.06.